The normalized spacial score (nSPS) is 11.0. The molecule has 0 unspecified atom stereocenters. The average Bonchev–Trinajstić information content (AvgIpc) is 3.09. The highest BCUT2D eigenvalue weighted by Crippen LogP contribution is 2.22. The van der Waals surface area contributed by atoms with Gasteiger partial charge in [-0.1, -0.05) is 121 Å². The minimum absolute atomic E-state index is 0.00575. The predicted octanol–water partition coefficient (Wildman–Crippen LogP) is 7.98. The SMILES string of the molecule is COc1cccc(CCN(Cc2ccc(-c3ccc(CNCCc4ccccc4)cc3)cc2)C(=O)C=Cc2ccccc2)c1. The van der Waals surface area contributed by atoms with E-state index >= 15 is 0 Å². The summed E-state index contributed by atoms with van der Waals surface area (Å²) in [6.07, 6.45) is 5.33. The van der Waals surface area contributed by atoms with Crippen molar-refractivity contribution in [3.63, 3.8) is 0 Å². The average molecular weight is 581 g/mol. The van der Waals surface area contributed by atoms with Crippen LogP contribution in [0.5, 0.6) is 5.75 Å². The fourth-order valence-corrected chi connectivity index (χ4v) is 5.14. The standard InChI is InChI=1S/C40H40N2O2/c1-44-39-14-8-13-34(29-39)26-28-42(40(43)24-19-32-9-4-2-5-10-32)31-36-17-22-38(23-18-36)37-20-15-35(16-21-37)30-41-27-25-33-11-6-3-7-12-33/h2-24,29,41H,25-28,30-31H2,1H3. The Morgan fingerprint density at radius 3 is 2.00 bits per heavy atom. The molecule has 5 aromatic carbocycles. The molecule has 4 heteroatoms. The number of methoxy groups -OCH3 is 1. The Kier molecular flexibility index (Phi) is 11.1. The maximum atomic E-state index is 13.4. The van der Waals surface area contributed by atoms with E-state index in [9.17, 15) is 4.79 Å². The molecule has 1 amide bonds. The molecule has 0 aliphatic rings. The molecule has 0 fully saturated rings. The van der Waals surface area contributed by atoms with Crippen molar-refractivity contribution in [1.29, 1.82) is 0 Å². The number of nitrogens with zero attached hydrogens (tertiary/aromatic N) is 1. The molecule has 0 aromatic heterocycles. The molecule has 0 aliphatic heterocycles. The third kappa shape index (κ3) is 9.29. The third-order valence-electron chi connectivity index (χ3n) is 7.71. The van der Waals surface area contributed by atoms with Crippen molar-refractivity contribution >= 4 is 12.0 Å². The summed E-state index contributed by atoms with van der Waals surface area (Å²) in [6.45, 7) is 2.95. The van der Waals surface area contributed by atoms with Gasteiger partial charge in [0.25, 0.3) is 0 Å². The summed E-state index contributed by atoms with van der Waals surface area (Å²) in [5.74, 6) is 0.820. The second kappa shape index (κ2) is 16.1. The molecule has 5 aromatic rings. The summed E-state index contributed by atoms with van der Waals surface area (Å²) < 4.78 is 5.39. The number of carbonyl (C=O) groups is 1. The first-order chi connectivity index (χ1) is 21.7. The second-order valence-electron chi connectivity index (χ2n) is 10.9. The zero-order chi connectivity index (χ0) is 30.4. The molecule has 5 rings (SSSR count). The number of amides is 1. The van der Waals surface area contributed by atoms with Crippen molar-refractivity contribution in [2.24, 2.45) is 0 Å². The van der Waals surface area contributed by atoms with Gasteiger partial charge in [0.05, 0.1) is 7.11 Å². The van der Waals surface area contributed by atoms with Crippen LogP contribution < -0.4 is 10.1 Å². The van der Waals surface area contributed by atoms with Crippen molar-refractivity contribution in [3.05, 3.63) is 167 Å². The van der Waals surface area contributed by atoms with E-state index in [0.29, 0.717) is 13.1 Å². The zero-order valence-corrected chi connectivity index (χ0v) is 25.4. The van der Waals surface area contributed by atoms with Crippen molar-refractivity contribution < 1.29 is 9.53 Å². The van der Waals surface area contributed by atoms with Crippen LogP contribution in [0.2, 0.25) is 0 Å². The fourth-order valence-electron chi connectivity index (χ4n) is 5.14. The van der Waals surface area contributed by atoms with Crippen LogP contribution in [0.4, 0.5) is 0 Å². The molecule has 0 spiro atoms. The number of ether oxygens (including phenoxy) is 1. The van der Waals surface area contributed by atoms with E-state index in [4.69, 9.17) is 4.74 Å². The van der Waals surface area contributed by atoms with Crippen LogP contribution in [-0.2, 0) is 30.7 Å². The molecule has 0 bridgehead atoms. The van der Waals surface area contributed by atoms with Crippen molar-refractivity contribution in [1.82, 2.24) is 10.2 Å². The Morgan fingerprint density at radius 2 is 1.32 bits per heavy atom. The number of nitrogens with one attached hydrogen (secondary N) is 1. The minimum atomic E-state index is -0.00575. The van der Waals surface area contributed by atoms with E-state index in [2.05, 4.69) is 90.2 Å². The van der Waals surface area contributed by atoms with Crippen LogP contribution in [0.3, 0.4) is 0 Å². The smallest absolute Gasteiger partial charge is 0.246 e. The Bertz CT molecular complexity index is 1610. The Balaban J connectivity index is 1.20. The van der Waals surface area contributed by atoms with Crippen LogP contribution in [-0.4, -0.2) is 31.0 Å². The van der Waals surface area contributed by atoms with E-state index in [0.717, 1.165) is 53.9 Å². The highest BCUT2D eigenvalue weighted by molar-refractivity contribution is 5.91. The highest BCUT2D eigenvalue weighted by atomic mass is 16.5. The van der Waals surface area contributed by atoms with Gasteiger partial charge in [0.1, 0.15) is 5.75 Å². The fraction of sp³-hybridized carbons (Fsp3) is 0.175. The van der Waals surface area contributed by atoms with Gasteiger partial charge < -0.3 is 15.0 Å². The number of benzene rings is 5. The molecule has 0 atom stereocenters. The summed E-state index contributed by atoms with van der Waals surface area (Å²) in [6, 6.07) is 45.8. The molecule has 0 aliphatic carbocycles. The zero-order valence-electron chi connectivity index (χ0n) is 25.4. The van der Waals surface area contributed by atoms with Gasteiger partial charge in [-0.2, -0.15) is 0 Å². The summed E-state index contributed by atoms with van der Waals surface area (Å²) in [5.41, 5.74) is 8.21. The molecule has 4 nitrogen and oxygen atoms in total. The van der Waals surface area contributed by atoms with Gasteiger partial charge in [0, 0.05) is 25.7 Å². The van der Waals surface area contributed by atoms with Crippen LogP contribution in [0, 0.1) is 0 Å². The van der Waals surface area contributed by atoms with Crippen LogP contribution in [0.15, 0.2) is 140 Å². The molecule has 1 N–H and O–H groups in total. The van der Waals surface area contributed by atoms with Gasteiger partial charge >= 0.3 is 0 Å². The van der Waals surface area contributed by atoms with Gasteiger partial charge in [-0.05, 0) is 76.5 Å². The molecule has 0 saturated heterocycles. The molecule has 44 heavy (non-hydrogen) atoms. The van der Waals surface area contributed by atoms with Gasteiger partial charge in [-0.25, -0.2) is 0 Å². The first-order valence-corrected chi connectivity index (χ1v) is 15.2. The summed E-state index contributed by atoms with van der Waals surface area (Å²) in [5, 5.41) is 3.55. The first-order valence-electron chi connectivity index (χ1n) is 15.2. The maximum Gasteiger partial charge on any atom is 0.246 e. The third-order valence-corrected chi connectivity index (χ3v) is 7.71. The minimum Gasteiger partial charge on any atom is -0.497 e. The number of hydrogen-bond acceptors (Lipinski definition) is 3. The van der Waals surface area contributed by atoms with E-state index in [-0.39, 0.29) is 5.91 Å². The number of carbonyl (C=O) groups excluding carboxylic acids is 1. The van der Waals surface area contributed by atoms with Gasteiger partial charge in [0.15, 0.2) is 0 Å². The van der Waals surface area contributed by atoms with Crippen molar-refractivity contribution in [2.75, 3.05) is 20.2 Å². The van der Waals surface area contributed by atoms with E-state index in [1.165, 1.54) is 16.7 Å². The second-order valence-corrected chi connectivity index (χ2v) is 10.9. The summed E-state index contributed by atoms with van der Waals surface area (Å²) >= 11 is 0. The van der Waals surface area contributed by atoms with Crippen molar-refractivity contribution in [2.45, 2.75) is 25.9 Å². The van der Waals surface area contributed by atoms with Crippen LogP contribution in [0.1, 0.15) is 27.8 Å². The lowest BCUT2D eigenvalue weighted by molar-refractivity contribution is -0.126. The molecule has 0 saturated carbocycles. The van der Waals surface area contributed by atoms with E-state index < -0.39 is 0 Å². The number of rotatable bonds is 14. The van der Waals surface area contributed by atoms with E-state index in [1.54, 1.807) is 13.2 Å². The number of hydrogen-bond donors (Lipinski definition) is 1. The molecule has 0 heterocycles. The van der Waals surface area contributed by atoms with E-state index in [1.807, 2.05) is 59.5 Å². The molecule has 0 radical (unpaired) electrons. The lowest BCUT2D eigenvalue weighted by Gasteiger charge is -2.22. The Morgan fingerprint density at radius 1 is 0.682 bits per heavy atom. The van der Waals surface area contributed by atoms with Gasteiger partial charge in [-0.15, -0.1) is 0 Å². The van der Waals surface area contributed by atoms with Crippen LogP contribution in [0.25, 0.3) is 17.2 Å². The first kappa shape index (κ1) is 30.5. The maximum absolute atomic E-state index is 13.4. The lowest BCUT2D eigenvalue weighted by Crippen LogP contribution is -2.31. The quantitative estimate of drug-likeness (QED) is 0.107. The summed E-state index contributed by atoms with van der Waals surface area (Å²) in [7, 11) is 1.67. The van der Waals surface area contributed by atoms with Crippen molar-refractivity contribution in [3.8, 4) is 16.9 Å². The predicted molar refractivity (Wildman–Crippen MR) is 181 cm³/mol. The Labute approximate surface area is 261 Å². The topological polar surface area (TPSA) is 41.6 Å². The van der Waals surface area contributed by atoms with Gasteiger partial charge in [-0.3, -0.25) is 4.79 Å². The molecule has 222 valence electrons. The Hall–Kier alpha value is -4.93. The van der Waals surface area contributed by atoms with Crippen LogP contribution >= 0.6 is 0 Å². The lowest BCUT2D eigenvalue weighted by atomic mass is 10.0. The molecular formula is C40H40N2O2. The van der Waals surface area contributed by atoms with Gasteiger partial charge in [0.2, 0.25) is 5.91 Å². The monoisotopic (exact) mass is 580 g/mol. The highest BCUT2D eigenvalue weighted by Gasteiger charge is 2.13. The molecular weight excluding hydrogens is 540 g/mol. The summed E-state index contributed by atoms with van der Waals surface area (Å²) in [4.78, 5) is 15.3. The largest absolute Gasteiger partial charge is 0.497 e.